The zero-order valence-electron chi connectivity index (χ0n) is 6.00. The summed E-state index contributed by atoms with van der Waals surface area (Å²) in [6.07, 6.45) is 0. The minimum absolute atomic E-state index is 0.187. The second-order valence-corrected chi connectivity index (χ2v) is 2.18. The van der Waals surface area contributed by atoms with Gasteiger partial charge >= 0.3 is 6.03 Å². The Morgan fingerprint density at radius 3 is 2.82 bits per heavy atom. The Labute approximate surface area is 63.1 Å². The third-order valence-electron chi connectivity index (χ3n) is 1.21. The van der Waals surface area contributed by atoms with Gasteiger partial charge in [0, 0.05) is 7.05 Å². The first kappa shape index (κ1) is 7.52. The van der Waals surface area contributed by atoms with Crippen LogP contribution < -0.4 is 11.1 Å². The zero-order valence-corrected chi connectivity index (χ0v) is 6.00. The summed E-state index contributed by atoms with van der Waals surface area (Å²) in [4.78, 5) is 25.8. The number of carbonyl (C=O) groups is 2. The lowest BCUT2D eigenvalue weighted by Gasteiger charge is -2.05. The number of primary amides is 1. The van der Waals surface area contributed by atoms with E-state index in [2.05, 4.69) is 10.3 Å². The number of nitrogens with two attached hydrogens (primary N) is 1. The van der Waals surface area contributed by atoms with Crippen LogP contribution in [0.3, 0.4) is 0 Å². The van der Waals surface area contributed by atoms with Gasteiger partial charge in [0.2, 0.25) is 11.9 Å². The molecule has 1 saturated heterocycles. The highest BCUT2D eigenvalue weighted by Gasteiger charge is 2.21. The molecule has 0 aliphatic carbocycles. The number of nitrogens with one attached hydrogen (secondary N) is 1. The number of hydrogen-bond donors (Lipinski definition) is 2. The van der Waals surface area contributed by atoms with Crippen molar-refractivity contribution in [2.45, 2.75) is 0 Å². The van der Waals surface area contributed by atoms with Crippen LogP contribution in [0.1, 0.15) is 0 Å². The normalized spacial score (nSPS) is 20.6. The smallest absolute Gasteiger partial charge is 0.341 e. The van der Waals surface area contributed by atoms with E-state index in [0.717, 1.165) is 0 Å². The fourth-order valence-electron chi connectivity index (χ4n) is 0.768. The lowest BCUT2D eigenvalue weighted by atomic mass is 10.6. The Morgan fingerprint density at radius 1 is 1.82 bits per heavy atom. The molecule has 0 saturated carbocycles. The molecule has 0 unspecified atom stereocenters. The van der Waals surface area contributed by atoms with Crippen LogP contribution >= 0.6 is 0 Å². The van der Waals surface area contributed by atoms with Gasteiger partial charge in [-0.25, -0.2) is 4.79 Å². The lowest BCUT2D eigenvalue weighted by Crippen LogP contribution is -2.29. The van der Waals surface area contributed by atoms with Gasteiger partial charge in [0.05, 0.1) is 6.54 Å². The van der Waals surface area contributed by atoms with Crippen molar-refractivity contribution in [3.63, 3.8) is 0 Å². The topological polar surface area (TPSA) is 87.8 Å². The molecule has 1 aliphatic rings. The fourth-order valence-corrected chi connectivity index (χ4v) is 0.768. The van der Waals surface area contributed by atoms with Crippen LogP contribution in [-0.2, 0) is 4.79 Å². The number of guanidine groups is 1. The van der Waals surface area contributed by atoms with Gasteiger partial charge in [0.15, 0.2) is 0 Å². The summed E-state index contributed by atoms with van der Waals surface area (Å²) in [5, 5.41) is 2.37. The van der Waals surface area contributed by atoms with Gasteiger partial charge in [-0.1, -0.05) is 0 Å². The Bertz CT molecular complexity index is 235. The average molecular weight is 156 g/mol. The summed E-state index contributed by atoms with van der Waals surface area (Å²) < 4.78 is 0. The fraction of sp³-hybridized carbons (Fsp3) is 0.400. The number of rotatable bonds is 0. The Kier molecular flexibility index (Phi) is 1.75. The van der Waals surface area contributed by atoms with Gasteiger partial charge in [0.25, 0.3) is 0 Å². The molecule has 1 heterocycles. The summed E-state index contributed by atoms with van der Waals surface area (Å²) >= 11 is 0. The van der Waals surface area contributed by atoms with Crippen molar-refractivity contribution >= 4 is 17.9 Å². The van der Waals surface area contributed by atoms with E-state index in [0.29, 0.717) is 0 Å². The van der Waals surface area contributed by atoms with Gasteiger partial charge in [0.1, 0.15) is 0 Å². The van der Waals surface area contributed by atoms with Gasteiger partial charge in [-0.2, -0.15) is 4.99 Å². The van der Waals surface area contributed by atoms with Crippen LogP contribution in [0.25, 0.3) is 0 Å². The molecule has 0 aromatic carbocycles. The van der Waals surface area contributed by atoms with Crippen LogP contribution in [-0.4, -0.2) is 36.4 Å². The van der Waals surface area contributed by atoms with Crippen molar-refractivity contribution in [2.24, 2.45) is 10.7 Å². The molecule has 0 atom stereocenters. The summed E-state index contributed by atoms with van der Waals surface area (Å²) in [5.74, 6) is 0.0231. The molecule has 0 bridgehead atoms. The summed E-state index contributed by atoms with van der Waals surface area (Å²) in [5.41, 5.74) is 4.78. The zero-order chi connectivity index (χ0) is 8.43. The molecule has 0 aromatic heterocycles. The molecule has 1 aliphatic heterocycles. The third-order valence-corrected chi connectivity index (χ3v) is 1.21. The summed E-state index contributed by atoms with van der Waals surface area (Å²) in [7, 11) is 1.64. The maximum atomic E-state index is 10.7. The van der Waals surface area contributed by atoms with Crippen molar-refractivity contribution in [1.29, 1.82) is 0 Å². The second-order valence-electron chi connectivity index (χ2n) is 2.18. The minimum Gasteiger partial charge on any atom is -0.350 e. The maximum Gasteiger partial charge on any atom is 0.341 e. The summed E-state index contributed by atoms with van der Waals surface area (Å²) in [6, 6.07) is -0.811. The highest BCUT2D eigenvalue weighted by atomic mass is 16.2. The van der Waals surface area contributed by atoms with Crippen LogP contribution in [0.4, 0.5) is 4.79 Å². The predicted octanol–water partition coefficient (Wildman–Crippen LogP) is -1.52. The van der Waals surface area contributed by atoms with E-state index < -0.39 is 6.03 Å². The van der Waals surface area contributed by atoms with Crippen molar-refractivity contribution in [1.82, 2.24) is 10.2 Å². The van der Waals surface area contributed by atoms with E-state index in [1.807, 2.05) is 0 Å². The molecule has 11 heavy (non-hydrogen) atoms. The molecule has 60 valence electrons. The second kappa shape index (κ2) is 2.57. The minimum atomic E-state index is -0.811. The lowest BCUT2D eigenvalue weighted by molar-refractivity contribution is -0.118. The van der Waals surface area contributed by atoms with Crippen LogP contribution in [0, 0.1) is 0 Å². The molecule has 3 amide bonds. The van der Waals surface area contributed by atoms with Gasteiger partial charge < -0.3 is 10.6 Å². The molecular formula is C5H8N4O2. The number of urea groups is 1. The monoisotopic (exact) mass is 156 g/mol. The van der Waals surface area contributed by atoms with Crippen LogP contribution in [0.5, 0.6) is 0 Å². The first-order valence-corrected chi connectivity index (χ1v) is 2.98. The Morgan fingerprint density at radius 2 is 2.45 bits per heavy atom. The molecular weight excluding hydrogens is 148 g/mol. The number of amides is 3. The molecule has 1 fully saturated rings. The Balaban J connectivity index is 2.74. The van der Waals surface area contributed by atoms with Crippen LogP contribution in [0.2, 0.25) is 0 Å². The van der Waals surface area contributed by atoms with Gasteiger partial charge in [-0.15, -0.1) is 0 Å². The van der Waals surface area contributed by atoms with E-state index in [1.165, 1.54) is 4.90 Å². The third kappa shape index (κ3) is 1.66. The van der Waals surface area contributed by atoms with Crippen molar-refractivity contribution < 1.29 is 9.59 Å². The van der Waals surface area contributed by atoms with Gasteiger partial charge in [-0.05, 0) is 0 Å². The highest BCUT2D eigenvalue weighted by Crippen LogP contribution is 1.93. The van der Waals surface area contributed by atoms with Crippen molar-refractivity contribution in [2.75, 3.05) is 13.6 Å². The van der Waals surface area contributed by atoms with Gasteiger partial charge in [-0.3, -0.25) is 10.1 Å². The van der Waals surface area contributed by atoms with E-state index in [1.54, 1.807) is 7.05 Å². The largest absolute Gasteiger partial charge is 0.350 e. The number of hydrogen-bond acceptors (Lipinski definition) is 2. The van der Waals surface area contributed by atoms with Crippen molar-refractivity contribution in [3.8, 4) is 0 Å². The van der Waals surface area contributed by atoms with E-state index in [4.69, 9.17) is 5.73 Å². The standard InChI is InChI=1S/C5H8N4O2/c1-9-2-3(10)7-5(9)8-4(6)11/h2H2,1H3,(H3,6,7,8,10,11). The summed E-state index contributed by atoms with van der Waals surface area (Å²) in [6.45, 7) is 0.214. The van der Waals surface area contributed by atoms with E-state index >= 15 is 0 Å². The number of aliphatic imine (C=N–C) groups is 1. The first-order chi connectivity index (χ1) is 5.09. The number of nitrogens with zero attached hydrogens (tertiary/aromatic N) is 2. The number of likely N-dealkylation sites (N-methyl/N-ethyl adjacent to an activating group) is 1. The average Bonchev–Trinajstić information content (AvgIpc) is 2.09. The molecule has 0 spiro atoms. The molecule has 0 aromatic rings. The molecule has 1 rings (SSSR count). The van der Waals surface area contributed by atoms with E-state index in [-0.39, 0.29) is 18.4 Å². The maximum absolute atomic E-state index is 10.7. The SMILES string of the molecule is CN1CC(=O)N/C1=N/C(N)=O. The van der Waals surface area contributed by atoms with E-state index in [9.17, 15) is 9.59 Å². The molecule has 3 N–H and O–H groups in total. The molecule has 6 heteroatoms. The molecule has 0 radical (unpaired) electrons. The van der Waals surface area contributed by atoms with Crippen molar-refractivity contribution in [3.05, 3.63) is 0 Å². The highest BCUT2D eigenvalue weighted by molar-refractivity contribution is 6.07. The number of carbonyl (C=O) groups excluding carboxylic acids is 2. The Hall–Kier alpha value is -1.59. The van der Waals surface area contributed by atoms with Crippen LogP contribution in [0.15, 0.2) is 4.99 Å². The first-order valence-electron chi connectivity index (χ1n) is 2.98. The quantitative estimate of drug-likeness (QED) is 0.446. The molecule has 6 nitrogen and oxygen atoms in total. The predicted molar refractivity (Wildman–Crippen MR) is 37.8 cm³/mol.